The lowest BCUT2D eigenvalue weighted by Crippen LogP contribution is -2.57. The molecule has 1 aromatic heterocycles. The Morgan fingerprint density at radius 3 is 2.94 bits per heavy atom. The van der Waals surface area contributed by atoms with Gasteiger partial charge in [-0.2, -0.15) is 4.37 Å². The second-order valence-electron chi connectivity index (χ2n) is 5.25. The Balaban J connectivity index is 1.89. The van der Waals surface area contributed by atoms with Gasteiger partial charge >= 0.3 is 0 Å². The van der Waals surface area contributed by atoms with Crippen LogP contribution in [0.1, 0.15) is 41.7 Å². The summed E-state index contributed by atoms with van der Waals surface area (Å²) in [6, 6.07) is 0. The first-order valence-corrected chi connectivity index (χ1v) is 7.37. The molecule has 5 heteroatoms. The standard InChI is InChI=1S/C13H18N2O2S/c1-10-11(8-18-14-10)12(16)15-6-7-17-9-13(15)4-2-3-5-13/h8H,2-7,9H2,1H3. The van der Waals surface area contributed by atoms with Crippen molar-refractivity contribution >= 4 is 17.4 Å². The Morgan fingerprint density at radius 1 is 1.50 bits per heavy atom. The molecule has 2 fully saturated rings. The lowest BCUT2D eigenvalue weighted by molar-refractivity contribution is -0.0502. The van der Waals surface area contributed by atoms with Crippen molar-refractivity contribution < 1.29 is 9.53 Å². The van der Waals surface area contributed by atoms with Gasteiger partial charge in [0, 0.05) is 11.9 Å². The van der Waals surface area contributed by atoms with E-state index in [9.17, 15) is 4.79 Å². The number of amides is 1. The SMILES string of the molecule is Cc1nscc1C(=O)N1CCOCC12CCCC2. The lowest BCUT2D eigenvalue weighted by Gasteiger charge is -2.44. The van der Waals surface area contributed by atoms with Gasteiger partial charge in [-0.05, 0) is 31.3 Å². The van der Waals surface area contributed by atoms with Crippen LogP contribution in [-0.2, 0) is 4.74 Å². The first kappa shape index (κ1) is 12.1. The monoisotopic (exact) mass is 266 g/mol. The fourth-order valence-corrected chi connectivity index (χ4v) is 3.83. The molecule has 1 aliphatic carbocycles. The van der Waals surface area contributed by atoms with Gasteiger partial charge in [-0.25, -0.2) is 0 Å². The molecule has 3 rings (SSSR count). The summed E-state index contributed by atoms with van der Waals surface area (Å²) in [5, 5.41) is 1.87. The van der Waals surface area contributed by atoms with E-state index >= 15 is 0 Å². The van der Waals surface area contributed by atoms with E-state index < -0.39 is 0 Å². The van der Waals surface area contributed by atoms with Gasteiger partial charge in [-0.1, -0.05) is 12.8 Å². The second-order valence-corrected chi connectivity index (χ2v) is 5.88. The van der Waals surface area contributed by atoms with E-state index in [1.807, 2.05) is 12.3 Å². The molecule has 18 heavy (non-hydrogen) atoms. The van der Waals surface area contributed by atoms with Gasteiger partial charge in [0.15, 0.2) is 0 Å². The maximum Gasteiger partial charge on any atom is 0.257 e. The van der Waals surface area contributed by atoms with Crippen LogP contribution in [0.4, 0.5) is 0 Å². The second kappa shape index (κ2) is 4.63. The van der Waals surface area contributed by atoms with Crippen LogP contribution in [0.5, 0.6) is 0 Å². The highest BCUT2D eigenvalue weighted by molar-refractivity contribution is 7.03. The molecule has 0 N–H and O–H groups in total. The van der Waals surface area contributed by atoms with E-state index in [1.165, 1.54) is 24.4 Å². The summed E-state index contributed by atoms with van der Waals surface area (Å²) in [4.78, 5) is 14.7. The van der Waals surface area contributed by atoms with Crippen LogP contribution in [0, 0.1) is 6.92 Å². The Labute approximate surface area is 111 Å². The lowest BCUT2D eigenvalue weighted by atomic mass is 9.94. The summed E-state index contributed by atoms with van der Waals surface area (Å²) in [6.07, 6.45) is 4.56. The molecular formula is C13H18N2O2S. The van der Waals surface area contributed by atoms with Gasteiger partial charge in [0.05, 0.1) is 30.0 Å². The van der Waals surface area contributed by atoms with Crippen molar-refractivity contribution in [3.8, 4) is 0 Å². The molecule has 0 unspecified atom stereocenters. The summed E-state index contributed by atoms with van der Waals surface area (Å²) in [5.41, 5.74) is 1.58. The number of aromatic nitrogens is 1. The Hall–Kier alpha value is -0.940. The Kier molecular flexibility index (Phi) is 3.11. The average Bonchev–Trinajstić information content (AvgIpc) is 2.99. The van der Waals surface area contributed by atoms with Crippen molar-refractivity contribution in [2.75, 3.05) is 19.8 Å². The summed E-state index contributed by atoms with van der Waals surface area (Å²) in [6.45, 7) is 3.99. The fourth-order valence-electron chi connectivity index (χ4n) is 3.14. The Bertz CT molecular complexity index is 452. The fraction of sp³-hybridized carbons (Fsp3) is 0.692. The molecule has 4 nitrogen and oxygen atoms in total. The van der Waals surface area contributed by atoms with Crippen molar-refractivity contribution in [1.82, 2.24) is 9.27 Å². The normalized spacial score (nSPS) is 22.6. The third-order valence-corrected chi connectivity index (χ3v) is 4.88. The minimum absolute atomic E-state index is 0.0380. The highest BCUT2D eigenvalue weighted by Gasteiger charge is 2.44. The number of rotatable bonds is 1. The number of morpholine rings is 1. The van der Waals surface area contributed by atoms with Gasteiger partial charge in [-0.3, -0.25) is 4.79 Å². The predicted octanol–water partition coefficient (Wildman–Crippen LogP) is 2.24. The van der Waals surface area contributed by atoms with Crippen LogP contribution in [0.3, 0.4) is 0 Å². The average molecular weight is 266 g/mol. The molecule has 1 aliphatic heterocycles. The number of carbonyl (C=O) groups excluding carboxylic acids is 1. The van der Waals surface area contributed by atoms with Gasteiger partial charge < -0.3 is 9.64 Å². The van der Waals surface area contributed by atoms with Crippen molar-refractivity contribution in [3.63, 3.8) is 0 Å². The maximum absolute atomic E-state index is 12.7. The molecule has 2 heterocycles. The summed E-state index contributed by atoms with van der Waals surface area (Å²) in [7, 11) is 0. The van der Waals surface area contributed by atoms with Crippen LogP contribution in [0.2, 0.25) is 0 Å². The number of hydrogen-bond acceptors (Lipinski definition) is 4. The number of carbonyl (C=O) groups is 1. The zero-order valence-corrected chi connectivity index (χ0v) is 11.5. The number of aryl methyl sites for hydroxylation is 1. The molecule has 2 aliphatic rings. The maximum atomic E-state index is 12.7. The first-order chi connectivity index (χ1) is 8.73. The van der Waals surface area contributed by atoms with E-state index in [-0.39, 0.29) is 11.4 Å². The molecule has 1 saturated carbocycles. The molecular weight excluding hydrogens is 248 g/mol. The van der Waals surface area contributed by atoms with Crippen LogP contribution in [-0.4, -0.2) is 40.5 Å². The van der Waals surface area contributed by atoms with Gasteiger partial charge in [0.25, 0.3) is 5.91 Å². The zero-order chi connectivity index (χ0) is 12.6. The van der Waals surface area contributed by atoms with E-state index in [0.717, 1.165) is 24.1 Å². The highest BCUT2D eigenvalue weighted by atomic mass is 32.1. The van der Waals surface area contributed by atoms with E-state index in [4.69, 9.17) is 4.74 Å². The molecule has 1 aromatic rings. The molecule has 0 radical (unpaired) electrons. The van der Waals surface area contributed by atoms with Crippen LogP contribution >= 0.6 is 11.5 Å². The minimum atomic E-state index is -0.0380. The Morgan fingerprint density at radius 2 is 2.28 bits per heavy atom. The third-order valence-electron chi connectivity index (χ3n) is 4.16. The van der Waals surface area contributed by atoms with Gasteiger partial charge in [0.2, 0.25) is 0 Å². The minimum Gasteiger partial charge on any atom is -0.377 e. The predicted molar refractivity (Wildman–Crippen MR) is 69.9 cm³/mol. The van der Waals surface area contributed by atoms with Crippen molar-refractivity contribution in [2.45, 2.75) is 38.1 Å². The van der Waals surface area contributed by atoms with E-state index in [2.05, 4.69) is 9.27 Å². The first-order valence-electron chi connectivity index (χ1n) is 6.54. The third kappa shape index (κ3) is 1.86. The van der Waals surface area contributed by atoms with E-state index in [0.29, 0.717) is 19.8 Å². The molecule has 98 valence electrons. The molecule has 0 bridgehead atoms. The molecule has 1 spiro atoms. The van der Waals surface area contributed by atoms with Gasteiger partial charge in [-0.15, -0.1) is 0 Å². The summed E-state index contributed by atoms with van der Waals surface area (Å²) < 4.78 is 9.84. The molecule has 0 aromatic carbocycles. The smallest absolute Gasteiger partial charge is 0.257 e. The topological polar surface area (TPSA) is 42.4 Å². The molecule has 1 amide bonds. The number of nitrogens with zero attached hydrogens (tertiary/aromatic N) is 2. The zero-order valence-electron chi connectivity index (χ0n) is 10.6. The number of ether oxygens (including phenoxy) is 1. The van der Waals surface area contributed by atoms with Crippen LogP contribution in [0.15, 0.2) is 5.38 Å². The van der Waals surface area contributed by atoms with Crippen LogP contribution < -0.4 is 0 Å². The number of hydrogen-bond donors (Lipinski definition) is 0. The molecule has 0 atom stereocenters. The van der Waals surface area contributed by atoms with Crippen LogP contribution in [0.25, 0.3) is 0 Å². The highest BCUT2D eigenvalue weighted by Crippen LogP contribution is 2.38. The van der Waals surface area contributed by atoms with Crippen molar-refractivity contribution in [1.29, 1.82) is 0 Å². The van der Waals surface area contributed by atoms with Gasteiger partial charge in [0.1, 0.15) is 0 Å². The van der Waals surface area contributed by atoms with E-state index in [1.54, 1.807) is 0 Å². The summed E-state index contributed by atoms with van der Waals surface area (Å²) in [5.74, 6) is 0.145. The molecule has 1 saturated heterocycles. The largest absolute Gasteiger partial charge is 0.377 e. The van der Waals surface area contributed by atoms with Crippen molar-refractivity contribution in [3.05, 3.63) is 16.6 Å². The quantitative estimate of drug-likeness (QED) is 0.783. The van der Waals surface area contributed by atoms with Crippen molar-refractivity contribution in [2.24, 2.45) is 0 Å². The summed E-state index contributed by atoms with van der Waals surface area (Å²) >= 11 is 1.36.